The maximum atomic E-state index is 9.46. The summed E-state index contributed by atoms with van der Waals surface area (Å²) in [5.74, 6) is 0. The van der Waals surface area contributed by atoms with E-state index >= 15 is 0 Å². The van der Waals surface area contributed by atoms with Crippen molar-refractivity contribution in [1.82, 2.24) is 10.2 Å². The SMILES string of the molecule is CCNC(C)(CO)CCCCN1CCCC(C)(C)C1. The zero-order valence-electron chi connectivity index (χ0n) is 13.5. The van der Waals surface area contributed by atoms with E-state index in [0.29, 0.717) is 5.41 Å². The molecule has 0 aromatic rings. The van der Waals surface area contributed by atoms with Crippen molar-refractivity contribution >= 4 is 0 Å². The van der Waals surface area contributed by atoms with E-state index < -0.39 is 0 Å². The van der Waals surface area contributed by atoms with Crippen LogP contribution in [0.2, 0.25) is 0 Å². The van der Waals surface area contributed by atoms with Gasteiger partial charge in [-0.05, 0) is 57.7 Å². The van der Waals surface area contributed by atoms with Crippen LogP contribution < -0.4 is 5.32 Å². The molecule has 19 heavy (non-hydrogen) atoms. The molecule has 1 saturated heterocycles. The lowest BCUT2D eigenvalue weighted by Gasteiger charge is -2.38. The molecule has 1 unspecified atom stereocenters. The Morgan fingerprint density at radius 3 is 2.63 bits per heavy atom. The van der Waals surface area contributed by atoms with Crippen molar-refractivity contribution in [2.45, 2.75) is 65.3 Å². The molecular formula is C16H34N2O. The smallest absolute Gasteiger partial charge is 0.0610 e. The Balaban J connectivity index is 2.20. The van der Waals surface area contributed by atoms with Gasteiger partial charge in [0.15, 0.2) is 0 Å². The molecule has 0 amide bonds. The molecule has 1 atom stereocenters. The molecule has 1 aliphatic rings. The second kappa shape index (κ2) is 7.61. The predicted octanol–water partition coefficient (Wildman–Crippen LogP) is 2.64. The molecule has 2 N–H and O–H groups in total. The van der Waals surface area contributed by atoms with Gasteiger partial charge in [0.1, 0.15) is 0 Å². The van der Waals surface area contributed by atoms with Crippen LogP contribution in [0.1, 0.15) is 59.8 Å². The minimum absolute atomic E-state index is 0.0874. The number of piperidine rings is 1. The largest absolute Gasteiger partial charge is 0.394 e. The molecule has 1 aliphatic heterocycles. The Kier molecular flexibility index (Phi) is 6.78. The molecule has 1 fully saturated rings. The summed E-state index contributed by atoms with van der Waals surface area (Å²) < 4.78 is 0. The van der Waals surface area contributed by atoms with Crippen LogP contribution >= 0.6 is 0 Å². The molecule has 0 aromatic carbocycles. The second-order valence-corrected chi connectivity index (χ2v) is 7.25. The van der Waals surface area contributed by atoms with Gasteiger partial charge in [0.25, 0.3) is 0 Å². The maximum absolute atomic E-state index is 9.46. The van der Waals surface area contributed by atoms with Crippen molar-refractivity contribution in [2.24, 2.45) is 5.41 Å². The van der Waals surface area contributed by atoms with Crippen LogP contribution in [-0.2, 0) is 0 Å². The lowest BCUT2D eigenvalue weighted by atomic mass is 9.84. The first-order valence-corrected chi connectivity index (χ1v) is 7.99. The zero-order valence-corrected chi connectivity index (χ0v) is 13.5. The fourth-order valence-electron chi connectivity index (χ4n) is 3.24. The molecule has 0 saturated carbocycles. The van der Waals surface area contributed by atoms with Gasteiger partial charge in [0.2, 0.25) is 0 Å². The lowest BCUT2D eigenvalue weighted by molar-refractivity contribution is 0.113. The first kappa shape index (κ1) is 16.9. The normalized spacial score (nSPS) is 23.2. The average Bonchev–Trinajstić information content (AvgIpc) is 2.34. The van der Waals surface area contributed by atoms with E-state index in [1.165, 1.54) is 45.3 Å². The maximum Gasteiger partial charge on any atom is 0.0610 e. The van der Waals surface area contributed by atoms with E-state index in [-0.39, 0.29) is 12.1 Å². The Hall–Kier alpha value is -0.120. The molecule has 1 heterocycles. The quantitative estimate of drug-likeness (QED) is 0.666. The highest BCUT2D eigenvalue weighted by Gasteiger charge is 2.26. The Bertz CT molecular complexity index is 255. The minimum Gasteiger partial charge on any atom is -0.394 e. The number of nitrogens with one attached hydrogen (secondary N) is 1. The Morgan fingerprint density at radius 2 is 2.05 bits per heavy atom. The summed E-state index contributed by atoms with van der Waals surface area (Å²) in [6.07, 6.45) is 6.22. The third-order valence-corrected chi connectivity index (χ3v) is 4.38. The molecule has 1 rings (SSSR count). The van der Waals surface area contributed by atoms with Crippen LogP contribution in [-0.4, -0.2) is 48.3 Å². The van der Waals surface area contributed by atoms with Gasteiger partial charge in [0.05, 0.1) is 6.61 Å². The van der Waals surface area contributed by atoms with E-state index in [1.807, 2.05) is 0 Å². The number of unbranched alkanes of at least 4 members (excludes halogenated alkanes) is 1. The second-order valence-electron chi connectivity index (χ2n) is 7.25. The number of likely N-dealkylation sites (N-methyl/N-ethyl adjacent to an activating group) is 1. The van der Waals surface area contributed by atoms with E-state index in [9.17, 15) is 5.11 Å². The van der Waals surface area contributed by atoms with Crippen LogP contribution in [0.3, 0.4) is 0 Å². The highest BCUT2D eigenvalue weighted by Crippen LogP contribution is 2.28. The Morgan fingerprint density at radius 1 is 1.32 bits per heavy atom. The summed E-state index contributed by atoms with van der Waals surface area (Å²) in [5.41, 5.74) is 0.414. The molecule has 3 heteroatoms. The minimum atomic E-state index is -0.0874. The van der Waals surface area contributed by atoms with Gasteiger partial charge in [-0.1, -0.05) is 27.2 Å². The molecule has 3 nitrogen and oxygen atoms in total. The number of aliphatic hydroxyl groups excluding tert-OH is 1. The molecule has 0 bridgehead atoms. The standard InChI is InChI=1S/C16H34N2O/c1-5-17-16(4,14-19)10-6-7-11-18-12-8-9-15(2,3)13-18/h17,19H,5-14H2,1-4H3. The van der Waals surface area contributed by atoms with Crippen LogP contribution in [0, 0.1) is 5.41 Å². The van der Waals surface area contributed by atoms with Crippen LogP contribution in [0.15, 0.2) is 0 Å². The highest BCUT2D eigenvalue weighted by molar-refractivity contribution is 4.82. The number of likely N-dealkylation sites (tertiary alicyclic amines) is 1. The molecule has 114 valence electrons. The van der Waals surface area contributed by atoms with Gasteiger partial charge < -0.3 is 15.3 Å². The van der Waals surface area contributed by atoms with Crippen LogP contribution in [0.4, 0.5) is 0 Å². The van der Waals surface area contributed by atoms with Crippen molar-refractivity contribution in [2.75, 3.05) is 32.8 Å². The van der Waals surface area contributed by atoms with Gasteiger partial charge in [-0.25, -0.2) is 0 Å². The third-order valence-electron chi connectivity index (χ3n) is 4.38. The summed E-state index contributed by atoms with van der Waals surface area (Å²) in [7, 11) is 0. The number of nitrogens with zero attached hydrogens (tertiary/aromatic N) is 1. The highest BCUT2D eigenvalue weighted by atomic mass is 16.3. The van der Waals surface area contributed by atoms with E-state index in [4.69, 9.17) is 0 Å². The monoisotopic (exact) mass is 270 g/mol. The number of rotatable bonds is 8. The molecular weight excluding hydrogens is 236 g/mol. The van der Waals surface area contributed by atoms with E-state index in [0.717, 1.165) is 13.0 Å². The Labute approximate surface area is 119 Å². The summed E-state index contributed by atoms with van der Waals surface area (Å²) in [4.78, 5) is 2.62. The first-order valence-electron chi connectivity index (χ1n) is 7.99. The molecule has 0 aliphatic carbocycles. The lowest BCUT2D eigenvalue weighted by Crippen LogP contribution is -2.45. The average molecular weight is 270 g/mol. The molecule has 0 spiro atoms. The van der Waals surface area contributed by atoms with Gasteiger partial charge in [0, 0.05) is 12.1 Å². The topological polar surface area (TPSA) is 35.5 Å². The van der Waals surface area contributed by atoms with Crippen LogP contribution in [0.25, 0.3) is 0 Å². The first-order chi connectivity index (χ1) is 8.91. The van der Waals surface area contributed by atoms with Gasteiger partial charge in [-0.3, -0.25) is 0 Å². The van der Waals surface area contributed by atoms with Crippen LogP contribution in [0.5, 0.6) is 0 Å². The zero-order chi connectivity index (χ0) is 14.4. The number of aliphatic hydroxyl groups is 1. The van der Waals surface area contributed by atoms with Crippen molar-refractivity contribution in [3.8, 4) is 0 Å². The molecule has 0 aromatic heterocycles. The van der Waals surface area contributed by atoms with Gasteiger partial charge in [-0.2, -0.15) is 0 Å². The van der Waals surface area contributed by atoms with Gasteiger partial charge in [-0.15, -0.1) is 0 Å². The van der Waals surface area contributed by atoms with E-state index in [2.05, 4.69) is 37.9 Å². The van der Waals surface area contributed by atoms with Crippen molar-refractivity contribution in [1.29, 1.82) is 0 Å². The fourth-order valence-corrected chi connectivity index (χ4v) is 3.24. The van der Waals surface area contributed by atoms with E-state index in [1.54, 1.807) is 0 Å². The summed E-state index contributed by atoms with van der Waals surface area (Å²) in [6, 6.07) is 0. The summed E-state index contributed by atoms with van der Waals surface area (Å²) in [5, 5.41) is 12.9. The summed E-state index contributed by atoms with van der Waals surface area (Å²) >= 11 is 0. The third kappa shape index (κ3) is 6.24. The number of hydrogen-bond donors (Lipinski definition) is 2. The number of hydrogen-bond acceptors (Lipinski definition) is 3. The summed E-state index contributed by atoms with van der Waals surface area (Å²) in [6.45, 7) is 13.9. The van der Waals surface area contributed by atoms with Crippen molar-refractivity contribution < 1.29 is 5.11 Å². The predicted molar refractivity (Wildman–Crippen MR) is 82.5 cm³/mol. The van der Waals surface area contributed by atoms with Crippen molar-refractivity contribution in [3.63, 3.8) is 0 Å². The molecule has 0 radical (unpaired) electrons. The fraction of sp³-hybridized carbons (Fsp3) is 1.00. The van der Waals surface area contributed by atoms with Gasteiger partial charge >= 0.3 is 0 Å². The van der Waals surface area contributed by atoms with Crippen molar-refractivity contribution in [3.05, 3.63) is 0 Å².